The van der Waals surface area contributed by atoms with Gasteiger partial charge in [-0.1, -0.05) is 11.6 Å². The summed E-state index contributed by atoms with van der Waals surface area (Å²) in [7, 11) is 0. The van der Waals surface area contributed by atoms with E-state index >= 15 is 0 Å². The Bertz CT molecular complexity index is 452. The summed E-state index contributed by atoms with van der Waals surface area (Å²) in [5, 5.41) is 1.70. The fourth-order valence-electron chi connectivity index (χ4n) is 1.33. The van der Waals surface area contributed by atoms with Gasteiger partial charge in [0.2, 0.25) is 0 Å². The second-order valence-corrected chi connectivity index (χ2v) is 3.66. The Morgan fingerprint density at radius 1 is 1.43 bits per heavy atom. The van der Waals surface area contributed by atoms with Crippen LogP contribution in [-0.4, -0.2) is 0 Å². The van der Waals surface area contributed by atoms with Crippen LogP contribution in [-0.2, 0) is 0 Å². The molecule has 1 unspecified atom stereocenters. The van der Waals surface area contributed by atoms with Gasteiger partial charge in [-0.15, -0.1) is 0 Å². The summed E-state index contributed by atoms with van der Waals surface area (Å²) in [6, 6.07) is 7.46. The Morgan fingerprint density at radius 2 is 2.21 bits per heavy atom. The van der Waals surface area contributed by atoms with Crippen molar-refractivity contribution in [1.29, 1.82) is 0 Å². The van der Waals surface area contributed by atoms with Crippen LogP contribution in [0.15, 0.2) is 28.7 Å². The number of fused-ring (bicyclic) bond motifs is 1. The Balaban J connectivity index is 2.51. The minimum atomic E-state index is 0.00109. The second-order valence-electron chi connectivity index (χ2n) is 3.22. The van der Waals surface area contributed by atoms with Crippen molar-refractivity contribution in [3.05, 3.63) is 35.0 Å². The van der Waals surface area contributed by atoms with Crippen molar-refractivity contribution in [2.45, 2.75) is 13.0 Å². The van der Waals surface area contributed by atoms with Gasteiger partial charge in [0.25, 0.3) is 0 Å². The average molecular weight is 211 g/mol. The number of rotatable bonds is 2. The third-order valence-electron chi connectivity index (χ3n) is 2.17. The third-order valence-corrected chi connectivity index (χ3v) is 2.41. The number of halogens is 1. The van der Waals surface area contributed by atoms with Crippen LogP contribution < -0.4 is 11.3 Å². The maximum absolute atomic E-state index is 5.86. The van der Waals surface area contributed by atoms with Crippen LogP contribution in [0.4, 0.5) is 0 Å². The summed E-state index contributed by atoms with van der Waals surface area (Å²) in [5.74, 6) is 6.13. The molecule has 0 saturated carbocycles. The van der Waals surface area contributed by atoms with Gasteiger partial charge in [0.1, 0.15) is 11.3 Å². The van der Waals surface area contributed by atoms with Gasteiger partial charge in [-0.2, -0.15) is 0 Å². The number of nitrogens with two attached hydrogens (primary N) is 1. The first-order chi connectivity index (χ1) is 6.70. The minimum Gasteiger partial charge on any atom is -0.459 e. The highest BCUT2D eigenvalue weighted by molar-refractivity contribution is 6.31. The highest BCUT2D eigenvalue weighted by Crippen LogP contribution is 2.25. The van der Waals surface area contributed by atoms with Crippen LogP contribution in [0.5, 0.6) is 0 Å². The van der Waals surface area contributed by atoms with Crippen LogP contribution in [0.3, 0.4) is 0 Å². The molecule has 14 heavy (non-hydrogen) atoms. The van der Waals surface area contributed by atoms with E-state index in [0.717, 1.165) is 16.7 Å². The Morgan fingerprint density at radius 3 is 2.93 bits per heavy atom. The number of benzene rings is 1. The number of hydrogen-bond donors (Lipinski definition) is 2. The first kappa shape index (κ1) is 9.52. The zero-order chi connectivity index (χ0) is 10.1. The predicted octanol–water partition coefficient (Wildman–Crippen LogP) is 2.61. The molecular formula is C10H11ClN2O. The van der Waals surface area contributed by atoms with Crippen molar-refractivity contribution in [2.24, 2.45) is 5.84 Å². The van der Waals surface area contributed by atoms with Crippen molar-refractivity contribution in [3.8, 4) is 0 Å². The fraction of sp³-hybridized carbons (Fsp3) is 0.200. The Kier molecular flexibility index (Phi) is 2.46. The van der Waals surface area contributed by atoms with Gasteiger partial charge in [-0.25, -0.2) is 0 Å². The van der Waals surface area contributed by atoms with Crippen molar-refractivity contribution >= 4 is 22.6 Å². The van der Waals surface area contributed by atoms with Gasteiger partial charge in [-0.05, 0) is 31.2 Å². The fourth-order valence-corrected chi connectivity index (χ4v) is 1.51. The molecule has 3 N–H and O–H groups in total. The van der Waals surface area contributed by atoms with Gasteiger partial charge in [0.05, 0.1) is 6.04 Å². The molecule has 1 heterocycles. The molecule has 0 radical (unpaired) electrons. The Hall–Kier alpha value is -1.03. The van der Waals surface area contributed by atoms with Crippen LogP contribution in [0, 0.1) is 0 Å². The topological polar surface area (TPSA) is 51.2 Å². The molecule has 2 rings (SSSR count). The predicted molar refractivity (Wildman–Crippen MR) is 57.0 cm³/mol. The third kappa shape index (κ3) is 1.62. The zero-order valence-electron chi connectivity index (χ0n) is 7.75. The van der Waals surface area contributed by atoms with E-state index in [2.05, 4.69) is 5.43 Å². The summed E-state index contributed by atoms with van der Waals surface area (Å²) in [6.45, 7) is 1.93. The van der Waals surface area contributed by atoms with E-state index in [1.807, 2.05) is 25.1 Å². The van der Waals surface area contributed by atoms with Gasteiger partial charge in [0, 0.05) is 10.4 Å². The summed E-state index contributed by atoms with van der Waals surface area (Å²) in [4.78, 5) is 0. The van der Waals surface area contributed by atoms with Gasteiger partial charge < -0.3 is 4.42 Å². The Labute approximate surface area is 86.8 Å². The van der Waals surface area contributed by atoms with E-state index in [0.29, 0.717) is 5.02 Å². The minimum absolute atomic E-state index is 0.00109. The summed E-state index contributed by atoms with van der Waals surface area (Å²) in [5.41, 5.74) is 3.46. The van der Waals surface area contributed by atoms with Gasteiger partial charge in [-0.3, -0.25) is 11.3 Å². The van der Waals surface area contributed by atoms with E-state index in [1.54, 1.807) is 6.07 Å². The molecule has 3 nitrogen and oxygen atoms in total. The lowest BCUT2D eigenvalue weighted by molar-refractivity contribution is 0.459. The molecule has 1 aromatic carbocycles. The molecule has 0 fully saturated rings. The molecule has 0 amide bonds. The maximum atomic E-state index is 5.86. The highest BCUT2D eigenvalue weighted by atomic mass is 35.5. The summed E-state index contributed by atoms with van der Waals surface area (Å²) in [6.07, 6.45) is 0. The number of hydrazine groups is 1. The molecule has 0 saturated heterocycles. The molecule has 0 spiro atoms. The zero-order valence-corrected chi connectivity index (χ0v) is 8.51. The van der Waals surface area contributed by atoms with Crippen molar-refractivity contribution in [1.82, 2.24) is 5.43 Å². The van der Waals surface area contributed by atoms with Crippen LogP contribution >= 0.6 is 11.6 Å². The molecule has 0 bridgehead atoms. The number of hydrogen-bond acceptors (Lipinski definition) is 3. The van der Waals surface area contributed by atoms with Crippen molar-refractivity contribution in [2.75, 3.05) is 0 Å². The standard InChI is InChI=1S/C10H11ClN2O/c1-6(13-12)10-5-7-4-8(11)2-3-9(7)14-10/h2-6,13H,12H2,1H3. The highest BCUT2D eigenvalue weighted by Gasteiger charge is 2.09. The lowest BCUT2D eigenvalue weighted by Gasteiger charge is -2.03. The molecule has 0 aliphatic carbocycles. The first-order valence-electron chi connectivity index (χ1n) is 4.36. The van der Waals surface area contributed by atoms with Crippen molar-refractivity contribution in [3.63, 3.8) is 0 Å². The van der Waals surface area contributed by atoms with Crippen LogP contribution in [0.25, 0.3) is 11.0 Å². The molecule has 0 aliphatic rings. The average Bonchev–Trinajstić information content (AvgIpc) is 2.59. The van der Waals surface area contributed by atoms with Gasteiger partial charge in [0.15, 0.2) is 0 Å². The summed E-state index contributed by atoms with van der Waals surface area (Å²) < 4.78 is 5.57. The maximum Gasteiger partial charge on any atom is 0.134 e. The van der Waals surface area contributed by atoms with E-state index in [9.17, 15) is 0 Å². The normalized spacial score (nSPS) is 13.4. The molecule has 0 aliphatic heterocycles. The smallest absolute Gasteiger partial charge is 0.134 e. The van der Waals surface area contributed by atoms with Gasteiger partial charge >= 0.3 is 0 Å². The largest absolute Gasteiger partial charge is 0.459 e. The lowest BCUT2D eigenvalue weighted by Crippen LogP contribution is -2.25. The van der Waals surface area contributed by atoms with E-state index in [-0.39, 0.29) is 6.04 Å². The molecule has 4 heteroatoms. The SMILES string of the molecule is CC(NN)c1cc2cc(Cl)ccc2o1. The monoisotopic (exact) mass is 210 g/mol. The quantitative estimate of drug-likeness (QED) is 0.592. The van der Waals surface area contributed by atoms with E-state index in [1.165, 1.54) is 0 Å². The molecular weight excluding hydrogens is 200 g/mol. The van der Waals surface area contributed by atoms with Crippen molar-refractivity contribution < 1.29 is 4.42 Å². The molecule has 1 atom stereocenters. The summed E-state index contributed by atoms with van der Waals surface area (Å²) >= 11 is 5.86. The van der Waals surface area contributed by atoms with E-state index < -0.39 is 0 Å². The molecule has 74 valence electrons. The number of furan rings is 1. The lowest BCUT2D eigenvalue weighted by atomic mass is 10.2. The number of nitrogens with one attached hydrogen (secondary N) is 1. The van der Waals surface area contributed by atoms with Crippen LogP contribution in [0.1, 0.15) is 18.7 Å². The molecule has 1 aromatic heterocycles. The van der Waals surface area contributed by atoms with Crippen LogP contribution in [0.2, 0.25) is 5.02 Å². The molecule has 2 aromatic rings. The second kappa shape index (κ2) is 3.61. The first-order valence-corrected chi connectivity index (χ1v) is 4.73. The van der Waals surface area contributed by atoms with E-state index in [4.69, 9.17) is 21.9 Å².